The van der Waals surface area contributed by atoms with Crippen LogP contribution < -0.4 is 5.73 Å². The molecule has 0 spiro atoms. The summed E-state index contributed by atoms with van der Waals surface area (Å²) < 4.78 is 2.96. The van der Waals surface area contributed by atoms with Crippen molar-refractivity contribution in [3.63, 3.8) is 0 Å². The molecule has 2 rings (SSSR count). The monoisotopic (exact) mass is 334 g/mol. The number of aryl methyl sites for hydroxylation is 1. The Morgan fingerprint density at radius 2 is 2.47 bits per heavy atom. The Hall–Kier alpha value is -0.470. The molecule has 2 N–H and O–H groups in total. The summed E-state index contributed by atoms with van der Waals surface area (Å²) in [5.74, 6) is 0. The molecule has 2 aromatic rings. The lowest BCUT2D eigenvalue weighted by atomic mass is 10.1. The highest BCUT2D eigenvalue weighted by Gasteiger charge is 2.10. The molecule has 1 unspecified atom stereocenters. The lowest BCUT2D eigenvalue weighted by molar-refractivity contribution is 0.695. The van der Waals surface area contributed by atoms with Gasteiger partial charge in [0, 0.05) is 25.7 Å². The zero-order chi connectivity index (χ0) is 10.8. The van der Waals surface area contributed by atoms with E-state index in [1.54, 1.807) is 16.0 Å². The van der Waals surface area contributed by atoms with E-state index in [2.05, 4.69) is 44.3 Å². The van der Waals surface area contributed by atoms with Gasteiger partial charge in [0.25, 0.3) is 0 Å². The van der Waals surface area contributed by atoms with Crippen molar-refractivity contribution in [1.82, 2.24) is 15.0 Å². The van der Waals surface area contributed by atoms with Crippen molar-refractivity contribution in [3.05, 3.63) is 31.8 Å². The van der Waals surface area contributed by atoms with Crippen molar-refractivity contribution in [2.45, 2.75) is 12.5 Å². The average Bonchev–Trinajstić information content (AvgIpc) is 2.75. The van der Waals surface area contributed by atoms with Crippen molar-refractivity contribution in [3.8, 4) is 0 Å². The normalized spacial score (nSPS) is 13.0. The van der Waals surface area contributed by atoms with Crippen LogP contribution in [0, 0.1) is 2.88 Å². The summed E-state index contributed by atoms with van der Waals surface area (Å²) in [4.78, 5) is 0. The third-order valence-electron chi connectivity index (χ3n) is 2.10. The zero-order valence-electron chi connectivity index (χ0n) is 8.22. The van der Waals surface area contributed by atoms with Gasteiger partial charge < -0.3 is 5.73 Å². The van der Waals surface area contributed by atoms with Crippen LogP contribution in [0.2, 0.25) is 0 Å². The predicted octanol–water partition coefficient (Wildman–Crippen LogP) is 1.72. The second-order valence-electron chi connectivity index (χ2n) is 3.38. The fourth-order valence-electron chi connectivity index (χ4n) is 1.35. The fraction of sp³-hybridized carbons (Fsp3) is 0.333. The Kier molecular flexibility index (Phi) is 3.37. The smallest absolute Gasteiger partial charge is 0.0845 e. The summed E-state index contributed by atoms with van der Waals surface area (Å²) in [6.07, 6.45) is 2.64. The molecule has 4 nitrogen and oxygen atoms in total. The molecule has 0 fully saturated rings. The molecule has 6 heteroatoms. The van der Waals surface area contributed by atoms with Crippen LogP contribution in [0.15, 0.2) is 17.6 Å². The molecule has 15 heavy (non-hydrogen) atoms. The third-order valence-corrected chi connectivity index (χ3v) is 3.90. The van der Waals surface area contributed by atoms with Crippen molar-refractivity contribution in [2.75, 3.05) is 0 Å². The summed E-state index contributed by atoms with van der Waals surface area (Å²) in [7, 11) is 1.86. The summed E-state index contributed by atoms with van der Waals surface area (Å²) >= 11 is 4.01. The topological polar surface area (TPSA) is 56.7 Å². The maximum Gasteiger partial charge on any atom is 0.0845 e. The molecule has 2 aromatic heterocycles. The molecule has 2 heterocycles. The first-order valence-corrected chi connectivity index (χ1v) is 6.45. The standard InChI is InChI=1S/C9H11IN4S/c1-14-4-7(12-13-14)3-8(11)6-2-9(10)15-5-6/h2,4-5,8H,3,11H2,1H3. The van der Waals surface area contributed by atoms with E-state index in [1.807, 2.05) is 13.2 Å². The van der Waals surface area contributed by atoms with Crippen LogP contribution in [-0.2, 0) is 13.5 Å². The second-order valence-corrected chi connectivity index (χ2v) is 6.18. The quantitative estimate of drug-likeness (QED) is 0.870. The molecular weight excluding hydrogens is 323 g/mol. The Labute approximate surface area is 106 Å². The zero-order valence-corrected chi connectivity index (χ0v) is 11.2. The first kappa shape index (κ1) is 11.0. The van der Waals surface area contributed by atoms with Gasteiger partial charge in [0.05, 0.1) is 8.58 Å². The van der Waals surface area contributed by atoms with Crippen molar-refractivity contribution in [2.24, 2.45) is 12.8 Å². The summed E-state index contributed by atoms with van der Waals surface area (Å²) in [5, 5.41) is 10.0. The van der Waals surface area contributed by atoms with Gasteiger partial charge in [-0.2, -0.15) is 0 Å². The molecule has 0 saturated carbocycles. The van der Waals surface area contributed by atoms with Crippen molar-refractivity contribution < 1.29 is 0 Å². The maximum atomic E-state index is 6.08. The summed E-state index contributed by atoms with van der Waals surface area (Å²) in [6.45, 7) is 0. The first-order valence-electron chi connectivity index (χ1n) is 4.50. The Morgan fingerprint density at radius 1 is 1.67 bits per heavy atom. The van der Waals surface area contributed by atoms with Gasteiger partial charge in [-0.3, -0.25) is 4.68 Å². The minimum Gasteiger partial charge on any atom is -0.324 e. The van der Waals surface area contributed by atoms with Gasteiger partial charge in [-0.25, -0.2) is 0 Å². The molecule has 0 saturated heterocycles. The van der Waals surface area contributed by atoms with Gasteiger partial charge in [-0.15, -0.1) is 16.4 Å². The molecule has 0 amide bonds. The predicted molar refractivity (Wildman–Crippen MR) is 68.7 cm³/mol. The van der Waals surface area contributed by atoms with E-state index in [0.717, 1.165) is 12.1 Å². The molecular formula is C9H11IN4S. The van der Waals surface area contributed by atoms with E-state index in [0.29, 0.717) is 0 Å². The van der Waals surface area contributed by atoms with Crippen LogP contribution in [0.1, 0.15) is 17.3 Å². The average molecular weight is 334 g/mol. The first-order chi connectivity index (χ1) is 7.15. The number of halogens is 1. The Morgan fingerprint density at radius 3 is 3.00 bits per heavy atom. The van der Waals surface area contributed by atoms with Crippen LogP contribution >= 0.6 is 33.9 Å². The minimum atomic E-state index is 0.0152. The lowest BCUT2D eigenvalue weighted by Crippen LogP contribution is -2.12. The van der Waals surface area contributed by atoms with Gasteiger partial charge in [0.2, 0.25) is 0 Å². The van der Waals surface area contributed by atoms with E-state index >= 15 is 0 Å². The van der Waals surface area contributed by atoms with Crippen LogP contribution in [0.5, 0.6) is 0 Å². The molecule has 0 radical (unpaired) electrons. The highest BCUT2D eigenvalue weighted by atomic mass is 127. The number of hydrogen-bond donors (Lipinski definition) is 1. The van der Waals surface area contributed by atoms with Gasteiger partial charge >= 0.3 is 0 Å². The van der Waals surface area contributed by atoms with Crippen molar-refractivity contribution >= 4 is 33.9 Å². The fourth-order valence-corrected chi connectivity index (χ4v) is 2.79. The van der Waals surface area contributed by atoms with E-state index in [9.17, 15) is 0 Å². The number of rotatable bonds is 3. The SMILES string of the molecule is Cn1cc(CC(N)c2csc(I)c2)nn1. The molecule has 0 aliphatic rings. The maximum absolute atomic E-state index is 6.08. The van der Waals surface area contributed by atoms with E-state index in [4.69, 9.17) is 5.73 Å². The molecule has 80 valence electrons. The summed E-state index contributed by atoms with van der Waals surface area (Å²) in [6, 6.07) is 2.13. The van der Waals surface area contributed by atoms with Crippen LogP contribution in [0.3, 0.4) is 0 Å². The van der Waals surface area contributed by atoms with E-state index in [1.165, 1.54) is 8.45 Å². The van der Waals surface area contributed by atoms with Gasteiger partial charge in [0.15, 0.2) is 0 Å². The van der Waals surface area contributed by atoms with Gasteiger partial charge in [-0.1, -0.05) is 5.21 Å². The number of hydrogen-bond acceptors (Lipinski definition) is 4. The van der Waals surface area contributed by atoms with E-state index < -0.39 is 0 Å². The highest BCUT2D eigenvalue weighted by Crippen LogP contribution is 2.22. The van der Waals surface area contributed by atoms with Crippen LogP contribution in [-0.4, -0.2) is 15.0 Å². The highest BCUT2D eigenvalue weighted by molar-refractivity contribution is 14.1. The van der Waals surface area contributed by atoms with Crippen molar-refractivity contribution in [1.29, 1.82) is 0 Å². The van der Waals surface area contributed by atoms with Crippen LogP contribution in [0.4, 0.5) is 0 Å². The largest absolute Gasteiger partial charge is 0.324 e. The Balaban J connectivity index is 2.06. The molecule has 1 atom stereocenters. The molecule has 0 bridgehead atoms. The molecule has 0 aromatic carbocycles. The number of nitrogens with two attached hydrogens (primary N) is 1. The van der Waals surface area contributed by atoms with Crippen LogP contribution in [0.25, 0.3) is 0 Å². The molecule has 0 aliphatic heterocycles. The third kappa shape index (κ3) is 2.76. The molecule has 0 aliphatic carbocycles. The number of nitrogens with zero attached hydrogens (tertiary/aromatic N) is 3. The Bertz CT molecular complexity index is 450. The summed E-state index contributed by atoms with van der Waals surface area (Å²) in [5.41, 5.74) is 8.19. The second kappa shape index (κ2) is 4.58. The number of thiophene rings is 1. The minimum absolute atomic E-state index is 0.0152. The van der Waals surface area contributed by atoms with E-state index in [-0.39, 0.29) is 6.04 Å². The number of aromatic nitrogens is 3. The van der Waals surface area contributed by atoms with Gasteiger partial charge in [0.1, 0.15) is 0 Å². The van der Waals surface area contributed by atoms with Gasteiger partial charge in [-0.05, 0) is 39.6 Å². The lowest BCUT2D eigenvalue weighted by Gasteiger charge is -2.06.